The lowest BCUT2D eigenvalue weighted by atomic mass is 9.86. The van der Waals surface area contributed by atoms with Gasteiger partial charge in [0, 0.05) is 4.47 Å². The van der Waals surface area contributed by atoms with Gasteiger partial charge in [0.25, 0.3) is 10.0 Å². The third-order valence-corrected chi connectivity index (χ3v) is 7.65. The van der Waals surface area contributed by atoms with E-state index in [0.717, 1.165) is 14.3 Å². The Morgan fingerprint density at radius 3 is 2.18 bits per heavy atom. The Balaban J connectivity index is 1.83. The van der Waals surface area contributed by atoms with Gasteiger partial charge in [-0.2, -0.15) is 0 Å². The van der Waals surface area contributed by atoms with E-state index in [1.165, 1.54) is 17.7 Å². The first kappa shape index (κ1) is 25.0. The predicted octanol–water partition coefficient (Wildman–Crippen LogP) is 5.82. The molecular weight excluding hydrogens is 500 g/mol. The second kappa shape index (κ2) is 10.1. The van der Waals surface area contributed by atoms with E-state index >= 15 is 0 Å². The number of nitrogens with zero attached hydrogens (tertiary/aromatic N) is 1. The molecule has 0 bridgehead atoms. The predicted molar refractivity (Wildman–Crippen MR) is 137 cm³/mol. The van der Waals surface area contributed by atoms with Crippen molar-refractivity contribution in [2.45, 2.75) is 44.0 Å². The quantitative estimate of drug-likeness (QED) is 0.420. The lowest BCUT2D eigenvalue weighted by Crippen LogP contribution is -2.41. The zero-order valence-electron chi connectivity index (χ0n) is 19.2. The molecule has 1 atom stereocenters. The maximum atomic E-state index is 13.4. The molecule has 0 aliphatic rings. The highest BCUT2D eigenvalue weighted by Gasteiger charge is 2.27. The van der Waals surface area contributed by atoms with Gasteiger partial charge in [-0.1, -0.05) is 85.2 Å². The van der Waals surface area contributed by atoms with Crippen LogP contribution >= 0.6 is 15.9 Å². The lowest BCUT2D eigenvalue weighted by Gasteiger charge is -2.25. The van der Waals surface area contributed by atoms with E-state index in [-0.39, 0.29) is 28.8 Å². The number of nitrogens with one attached hydrogen (secondary N) is 1. The van der Waals surface area contributed by atoms with Crippen molar-refractivity contribution < 1.29 is 13.2 Å². The van der Waals surface area contributed by atoms with Crippen molar-refractivity contribution >= 4 is 37.5 Å². The minimum Gasteiger partial charge on any atom is -0.348 e. The number of hydrogen-bond donors (Lipinski definition) is 1. The van der Waals surface area contributed by atoms with Crippen molar-refractivity contribution in [3.63, 3.8) is 0 Å². The molecule has 0 spiro atoms. The topological polar surface area (TPSA) is 66.5 Å². The van der Waals surface area contributed by atoms with Crippen LogP contribution in [0.3, 0.4) is 0 Å². The minimum atomic E-state index is -3.94. The van der Waals surface area contributed by atoms with Gasteiger partial charge in [0.05, 0.1) is 16.6 Å². The largest absolute Gasteiger partial charge is 0.348 e. The molecule has 0 saturated heterocycles. The minimum absolute atomic E-state index is 0.0429. The van der Waals surface area contributed by atoms with Gasteiger partial charge in [-0.05, 0) is 53.8 Å². The highest BCUT2D eigenvalue weighted by molar-refractivity contribution is 9.10. The number of anilines is 1. The molecule has 1 N–H and O–H groups in total. The SMILES string of the molecule is C[C@@H](NC(=O)CN(c1cccc(Br)c1)S(=O)(=O)c1ccccc1)c1ccc(C(C)(C)C)cc1. The molecule has 0 unspecified atom stereocenters. The molecule has 0 aliphatic carbocycles. The van der Waals surface area contributed by atoms with Crippen molar-refractivity contribution in [1.29, 1.82) is 0 Å². The maximum absolute atomic E-state index is 13.4. The van der Waals surface area contributed by atoms with Crippen molar-refractivity contribution in [2.24, 2.45) is 0 Å². The Hall–Kier alpha value is -2.64. The van der Waals surface area contributed by atoms with Crippen LogP contribution in [0.5, 0.6) is 0 Å². The zero-order valence-corrected chi connectivity index (χ0v) is 21.7. The number of amides is 1. The zero-order chi connectivity index (χ0) is 24.2. The van der Waals surface area contributed by atoms with E-state index in [1.807, 2.05) is 19.1 Å². The van der Waals surface area contributed by atoms with Crippen molar-refractivity contribution in [3.05, 3.63) is 94.5 Å². The molecule has 3 aromatic carbocycles. The van der Waals surface area contributed by atoms with Crippen LogP contribution in [0.15, 0.2) is 88.2 Å². The van der Waals surface area contributed by atoms with E-state index in [0.29, 0.717) is 5.69 Å². The average molecular weight is 530 g/mol. The molecule has 0 aromatic heterocycles. The van der Waals surface area contributed by atoms with Gasteiger partial charge < -0.3 is 5.32 Å². The van der Waals surface area contributed by atoms with Crippen LogP contribution in [0.4, 0.5) is 5.69 Å². The fourth-order valence-corrected chi connectivity index (χ4v) is 5.26. The standard InChI is InChI=1S/C26H29BrN2O3S/c1-19(20-13-15-21(16-14-20)26(2,3)4)28-25(30)18-29(23-10-8-9-22(27)17-23)33(31,32)24-11-6-5-7-12-24/h5-17,19H,18H2,1-4H3,(H,28,30)/t19-/m1/s1. The summed E-state index contributed by atoms with van der Waals surface area (Å²) in [5.74, 6) is -0.387. The fraction of sp³-hybridized carbons (Fsp3) is 0.269. The summed E-state index contributed by atoms with van der Waals surface area (Å²) < 4.78 is 28.7. The number of carbonyl (C=O) groups is 1. The number of rotatable bonds is 7. The summed E-state index contributed by atoms with van der Waals surface area (Å²) in [7, 11) is -3.94. The van der Waals surface area contributed by atoms with Gasteiger partial charge in [-0.15, -0.1) is 0 Å². The molecule has 0 aliphatic heterocycles. The summed E-state index contributed by atoms with van der Waals surface area (Å²) in [6.07, 6.45) is 0. The number of carbonyl (C=O) groups excluding carboxylic acids is 1. The molecule has 7 heteroatoms. The highest BCUT2D eigenvalue weighted by Crippen LogP contribution is 2.27. The summed E-state index contributed by atoms with van der Waals surface area (Å²) in [6, 6.07) is 22.9. The lowest BCUT2D eigenvalue weighted by molar-refractivity contribution is -0.120. The molecule has 174 valence electrons. The van der Waals surface area contributed by atoms with Gasteiger partial charge in [0.1, 0.15) is 6.54 Å². The first-order valence-electron chi connectivity index (χ1n) is 10.7. The van der Waals surface area contributed by atoms with Crippen LogP contribution in [0, 0.1) is 0 Å². The Bertz CT molecular complexity index is 1200. The molecule has 0 heterocycles. The second-order valence-electron chi connectivity index (χ2n) is 8.97. The number of sulfonamides is 1. The van der Waals surface area contributed by atoms with Crippen molar-refractivity contribution in [2.75, 3.05) is 10.8 Å². The summed E-state index contributed by atoms with van der Waals surface area (Å²) in [6.45, 7) is 8.00. The molecule has 0 radical (unpaired) electrons. The molecule has 3 aromatic rings. The molecule has 1 amide bonds. The van der Waals surface area contributed by atoms with Gasteiger partial charge >= 0.3 is 0 Å². The summed E-state index contributed by atoms with van der Waals surface area (Å²) in [4.78, 5) is 13.1. The van der Waals surface area contributed by atoms with E-state index in [1.54, 1.807) is 42.5 Å². The first-order chi connectivity index (χ1) is 15.5. The molecule has 0 fully saturated rings. The smallest absolute Gasteiger partial charge is 0.264 e. The number of benzene rings is 3. The Kier molecular flexibility index (Phi) is 7.65. The number of halogens is 1. The fourth-order valence-electron chi connectivity index (χ4n) is 3.44. The average Bonchev–Trinajstić information content (AvgIpc) is 2.77. The molecular formula is C26H29BrN2O3S. The molecule has 0 saturated carbocycles. The Morgan fingerprint density at radius 1 is 0.970 bits per heavy atom. The number of hydrogen-bond acceptors (Lipinski definition) is 3. The first-order valence-corrected chi connectivity index (χ1v) is 12.9. The van der Waals surface area contributed by atoms with E-state index in [2.05, 4.69) is 54.2 Å². The van der Waals surface area contributed by atoms with Crippen LogP contribution < -0.4 is 9.62 Å². The maximum Gasteiger partial charge on any atom is 0.264 e. The monoisotopic (exact) mass is 528 g/mol. The van der Waals surface area contributed by atoms with Crippen LogP contribution in [0.2, 0.25) is 0 Å². The second-order valence-corrected chi connectivity index (χ2v) is 11.7. The van der Waals surface area contributed by atoms with E-state index in [9.17, 15) is 13.2 Å². The van der Waals surface area contributed by atoms with Crippen LogP contribution in [-0.2, 0) is 20.2 Å². The third-order valence-electron chi connectivity index (χ3n) is 5.37. The van der Waals surface area contributed by atoms with Crippen molar-refractivity contribution in [3.8, 4) is 0 Å². The van der Waals surface area contributed by atoms with E-state index < -0.39 is 10.0 Å². The summed E-state index contributed by atoms with van der Waals surface area (Å²) >= 11 is 3.39. The molecule has 33 heavy (non-hydrogen) atoms. The van der Waals surface area contributed by atoms with Gasteiger partial charge in [0.15, 0.2) is 0 Å². The van der Waals surface area contributed by atoms with Gasteiger partial charge in [-0.25, -0.2) is 8.42 Å². The van der Waals surface area contributed by atoms with Gasteiger partial charge in [-0.3, -0.25) is 9.10 Å². The highest BCUT2D eigenvalue weighted by atomic mass is 79.9. The summed E-state index contributed by atoms with van der Waals surface area (Å²) in [5.41, 5.74) is 2.61. The van der Waals surface area contributed by atoms with E-state index in [4.69, 9.17) is 0 Å². The molecule has 5 nitrogen and oxygen atoms in total. The Morgan fingerprint density at radius 2 is 1.61 bits per heavy atom. The third kappa shape index (κ3) is 6.24. The normalized spacial score (nSPS) is 12.8. The van der Waals surface area contributed by atoms with Crippen LogP contribution in [0.25, 0.3) is 0 Å². The molecule has 3 rings (SSSR count). The van der Waals surface area contributed by atoms with Crippen molar-refractivity contribution in [1.82, 2.24) is 5.32 Å². The Labute approximate surface area is 205 Å². The van der Waals surface area contributed by atoms with Crippen LogP contribution in [0.1, 0.15) is 44.9 Å². The summed E-state index contributed by atoms with van der Waals surface area (Å²) in [5, 5.41) is 2.94. The van der Waals surface area contributed by atoms with Crippen LogP contribution in [-0.4, -0.2) is 20.9 Å². The van der Waals surface area contributed by atoms with Gasteiger partial charge in [0.2, 0.25) is 5.91 Å².